The number of nitrogens with zero attached hydrogens (tertiary/aromatic N) is 1. The quantitative estimate of drug-likeness (QED) is 0.697. The highest BCUT2D eigenvalue weighted by atomic mass is 32.1. The lowest BCUT2D eigenvalue weighted by Gasteiger charge is -2.18. The minimum atomic E-state index is 0.413. The van der Waals surface area contributed by atoms with Crippen molar-refractivity contribution in [3.63, 3.8) is 0 Å². The molecule has 1 aromatic rings. The lowest BCUT2D eigenvalue weighted by atomic mass is 10.2. The van der Waals surface area contributed by atoms with Gasteiger partial charge in [-0.05, 0) is 29.3 Å². The molecule has 0 saturated carbocycles. The molecule has 1 rings (SSSR count). The van der Waals surface area contributed by atoms with Crippen LogP contribution in [0.4, 0.5) is 0 Å². The van der Waals surface area contributed by atoms with Gasteiger partial charge in [0.2, 0.25) is 0 Å². The zero-order valence-corrected chi connectivity index (χ0v) is 7.98. The molecule has 1 aromatic heterocycles. The molecule has 1 heterocycles. The molecule has 1 unspecified atom stereocenters. The molecule has 0 radical (unpaired) electrons. The number of hydrogen-bond acceptors (Lipinski definition) is 3. The maximum absolute atomic E-state index is 3.29. The second-order valence-electron chi connectivity index (χ2n) is 2.80. The standard InChI is InChI=1S/C8H14N2S/c1-7(9-10(2)3)8-4-5-11-6-8/h4-7,9H,1-3H3. The van der Waals surface area contributed by atoms with Gasteiger partial charge in [0.05, 0.1) is 0 Å². The van der Waals surface area contributed by atoms with Crippen LogP contribution < -0.4 is 5.43 Å². The van der Waals surface area contributed by atoms with Gasteiger partial charge in [0.25, 0.3) is 0 Å². The van der Waals surface area contributed by atoms with E-state index in [0.717, 1.165) is 0 Å². The Kier molecular flexibility index (Phi) is 3.05. The number of rotatable bonds is 3. The molecule has 0 aliphatic rings. The molecule has 0 aliphatic carbocycles. The highest BCUT2D eigenvalue weighted by molar-refractivity contribution is 7.07. The average molecular weight is 170 g/mol. The molecule has 0 aliphatic heterocycles. The zero-order chi connectivity index (χ0) is 8.27. The fourth-order valence-electron chi connectivity index (χ4n) is 0.983. The van der Waals surface area contributed by atoms with E-state index in [1.54, 1.807) is 11.3 Å². The van der Waals surface area contributed by atoms with E-state index in [1.807, 2.05) is 19.1 Å². The van der Waals surface area contributed by atoms with Gasteiger partial charge in [0.15, 0.2) is 0 Å². The Bertz CT molecular complexity index is 194. The number of hydrogen-bond donors (Lipinski definition) is 1. The van der Waals surface area contributed by atoms with Crippen molar-refractivity contribution in [2.24, 2.45) is 0 Å². The normalized spacial score (nSPS) is 13.8. The van der Waals surface area contributed by atoms with Crippen LogP contribution in [-0.2, 0) is 0 Å². The average Bonchev–Trinajstić information content (AvgIpc) is 2.35. The Balaban J connectivity index is 2.49. The van der Waals surface area contributed by atoms with Gasteiger partial charge in [-0.3, -0.25) is 5.01 Å². The van der Waals surface area contributed by atoms with Gasteiger partial charge < -0.3 is 0 Å². The van der Waals surface area contributed by atoms with Crippen LogP contribution in [0, 0.1) is 0 Å². The Morgan fingerprint density at radius 3 is 2.73 bits per heavy atom. The fraction of sp³-hybridized carbons (Fsp3) is 0.500. The van der Waals surface area contributed by atoms with Gasteiger partial charge in [-0.2, -0.15) is 11.3 Å². The van der Waals surface area contributed by atoms with Crippen molar-refractivity contribution < 1.29 is 0 Å². The van der Waals surface area contributed by atoms with Gasteiger partial charge in [0, 0.05) is 20.1 Å². The first-order valence-corrected chi connectivity index (χ1v) is 4.60. The zero-order valence-electron chi connectivity index (χ0n) is 7.16. The Hall–Kier alpha value is -0.380. The first-order chi connectivity index (χ1) is 5.20. The third-order valence-corrected chi connectivity index (χ3v) is 2.20. The summed E-state index contributed by atoms with van der Waals surface area (Å²) in [4.78, 5) is 0. The molecule has 0 spiro atoms. The molecule has 0 saturated heterocycles. The minimum absolute atomic E-state index is 0.413. The van der Waals surface area contributed by atoms with Crippen LogP contribution in [0.15, 0.2) is 16.8 Å². The second-order valence-corrected chi connectivity index (χ2v) is 3.58. The summed E-state index contributed by atoms with van der Waals surface area (Å²) in [5.74, 6) is 0. The second kappa shape index (κ2) is 3.85. The van der Waals surface area contributed by atoms with Crippen molar-refractivity contribution in [1.29, 1.82) is 0 Å². The lowest BCUT2D eigenvalue weighted by Crippen LogP contribution is -2.32. The van der Waals surface area contributed by atoms with E-state index in [2.05, 4.69) is 29.2 Å². The van der Waals surface area contributed by atoms with Crippen LogP contribution in [0.25, 0.3) is 0 Å². The van der Waals surface area contributed by atoms with Crippen molar-refractivity contribution >= 4 is 11.3 Å². The Labute approximate surface area is 71.8 Å². The van der Waals surface area contributed by atoms with E-state index in [0.29, 0.717) is 6.04 Å². The monoisotopic (exact) mass is 170 g/mol. The molecule has 1 atom stereocenters. The molecular formula is C8H14N2S. The molecule has 0 amide bonds. The van der Waals surface area contributed by atoms with Crippen LogP contribution in [0.5, 0.6) is 0 Å². The summed E-state index contributed by atoms with van der Waals surface area (Å²) >= 11 is 1.74. The third-order valence-electron chi connectivity index (χ3n) is 1.50. The number of nitrogens with one attached hydrogen (secondary N) is 1. The van der Waals surface area contributed by atoms with Crippen molar-refractivity contribution in [3.8, 4) is 0 Å². The topological polar surface area (TPSA) is 15.3 Å². The lowest BCUT2D eigenvalue weighted by molar-refractivity contribution is 0.252. The van der Waals surface area contributed by atoms with E-state index in [-0.39, 0.29) is 0 Å². The van der Waals surface area contributed by atoms with E-state index in [1.165, 1.54) is 5.56 Å². The van der Waals surface area contributed by atoms with E-state index in [4.69, 9.17) is 0 Å². The summed E-state index contributed by atoms with van der Waals surface area (Å²) in [5.41, 5.74) is 4.64. The number of hydrazine groups is 1. The first kappa shape index (κ1) is 8.71. The van der Waals surface area contributed by atoms with Crippen LogP contribution in [-0.4, -0.2) is 19.1 Å². The number of thiophene rings is 1. The Morgan fingerprint density at radius 2 is 2.27 bits per heavy atom. The Morgan fingerprint density at radius 1 is 1.55 bits per heavy atom. The molecule has 62 valence electrons. The van der Waals surface area contributed by atoms with Gasteiger partial charge in [-0.1, -0.05) is 0 Å². The molecule has 0 fully saturated rings. The summed E-state index contributed by atoms with van der Waals surface area (Å²) in [7, 11) is 4.01. The molecule has 3 heteroatoms. The van der Waals surface area contributed by atoms with Crippen LogP contribution >= 0.6 is 11.3 Å². The largest absolute Gasteiger partial charge is 0.250 e. The van der Waals surface area contributed by atoms with Crippen molar-refractivity contribution in [1.82, 2.24) is 10.4 Å². The van der Waals surface area contributed by atoms with Crippen molar-refractivity contribution in [2.75, 3.05) is 14.1 Å². The van der Waals surface area contributed by atoms with Gasteiger partial charge in [-0.25, -0.2) is 5.43 Å². The van der Waals surface area contributed by atoms with Crippen LogP contribution in [0.3, 0.4) is 0 Å². The molecule has 11 heavy (non-hydrogen) atoms. The van der Waals surface area contributed by atoms with Crippen LogP contribution in [0.2, 0.25) is 0 Å². The smallest absolute Gasteiger partial charge is 0.0444 e. The van der Waals surface area contributed by atoms with Gasteiger partial charge in [0.1, 0.15) is 0 Å². The summed E-state index contributed by atoms with van der Waals surface area (Å²) in [6, 6.07) is 2.56. The third kappa shape index (κ3) is 2.61. The maximum Gasteiger partial charge on any atom is 0.0444 e. The molecule has 0 aromatic carbocycles. The van der Waals surface area contributed by atoms with Gasteiger partial charge in [-0.15, -0.1) is 0 Å². The highest BCUT2D eigenvalue weighted by Crippen LogP contribution is 2.14. The predicted octanol–water partition coefficient (Wildman–Crippen LogP) is 1.88. The summed E-state index contributed by atoms with van der Waals surface area (Å²) in [6.45, 7) is 2.15. The van der Waals surface area contributed by atoms with Crippen LogP contribution in [0.1, 0.15) is 18.5 Å². The predicted molar refractivity (Wildman–Crippen MR) is 49.6 cm³/mol. The van der Waals surface area contributed by atoms with Crippen molar-refractivity contribution in [2.45, 2.75) is 13.0 Å². The maximum atomic E-state index is 3.29. The molecular weight excluding hydrogens is 156 g/mol. The SMILES string of the molecule is CC(NN(C)C)c1ccsc1. The summed E-state index contributed by atoms with van der Waals surface area (Å²) in [5, 5.41) is 6.24. The summed E-state index contributed by atoms with van der Waals surface area (Å²) < 4.78 is 0. The molecule has 2 nitrogen and oxygen atoms in total. The van der Waals surface area contributed by atoms with Gasteiger partial charge >= 0.3 is 0 Å². The molecule has 0 bridgehead atoms. The van der Waals surface area contributed by atoms with E-state index in [9.17, 15) is 0 Å². The highest BCUT2D eigenvalue weighted by Gasteiger charge is 2.04. The van der Waals surface area contributed by atoms with E-state index < -0.39 is 0 Å². The molecule has 1 N–H and O–H groups in total. The summed E-state index contributed by atoms with van der Waals surface area (Å²) in [6.07, 6.45) is 0. The van der Waals surface area contributed by atoms with E-state index >= 15 is 0 Å². The minimum Gasteiger partial charge on any atom is -0.250 e. The first-order valence-electron chi connectivity index (χ1n) is 3.65. The van der Waals surface area contributed by atoms with Crippen molar-refractivity contribution in [3.05, 3.63) is 22.4 Å². The fourth-order valence-corrected chi connectivity index (χ4v) is 1.74.